The molecule has 3 aromatic rings. The molecule has 0 saturated heterocycles. The Kier molecular flexibility index (Phi) is 4.08. The van der Waals surface area contributed by atoms with Gasteiger partial charge in [0.25, 0.3) is 0 Å². The molecule has 0 unspecified atom stereocenters. The van der Waals surface area contributed by atoms with E-state index in [1.54, 1.807) is 17.1 Å². The summed E-state index contributed by atoms with van der Waals surface area (Å²) in [4.78, 5) is 8.70. The van der Waals surface area contributed by atoms with E-state index < -0.39 is 8.07 Å². The maximum absolute atomic E-state index is 5.71. The molecule has 0 spiro atoms. The number of ether oxygens (including phenoxy) is 1. The largest absolute Gasteiger partial charge is 0.360 e. The van der Waals surface area contributed by atoms with Crippen molar-refractivity contribution in [2.75, 3.05) is 6.61 Å². The highest BCUT2D eigenvalue weighted by Gasteiger charge is 2.12. The molecular weight excluding hydrogens is 294 g/mol. The van der Waals surface area contributed by atoms with Crippen molar-refractivity contribution in [3.05, 3.63) is 37.1 Å². The third kappa shape index (κ3) is 3.42. The summed E-state index contributed by atoms with van der Waals surface area (Å²) in [5.74, 6) is 0.836. The molecule has 0 aromatic carbocycles. The van der Waals surface area contributed by atoms with Crippen molar-refractivity contribution in [1.29, 1.82) is 0 Å². The highest BCUT2D eigenvalue weighted by atomic mass is 28.3. The SMILES string of the molecule is C[Si](C)(C)CCOCn1cc(-c2nccc3nccn23)cn1. The molecule has 116 valence electrons. The van der Waals surface area contributed by atoms with Crippen molar-refractivity contribution < 1.29 is 4.74 Å². The fraction of sp³-hybridized carbons (Fsp3) is 0.400. The van der Waals surface area contributed by atoms with Crippen LogP contribution in [0, 0.1) is 0 Å². The Balaban J connectivity index is 1.68. The van der Waals surface area contributed by atoms with Gasteiger partial charge in [0.15, 0.2) is 0 Å². The Bertz CT molecular complexity index is 758. The van der Waals surface area contributed by atoms with E-state index in [2.05, 4.69) is 34.7 Å². The van der Waals surface area contributed by atoms with Gasteiger partial charge in [0.1, 0.15) is 18.2 Å². The van der Waals surface area contributed by atoms with Crippen LogP contribution in [0.15, 0.2) is 37.1 Å². The van der Waals surface area contributed by atoms with Gasteiger partial charge in [-0.25, -0.2) is 14.6 Å². The molecule has 22 heavy (non-hydrogen) atoms. The summed E-state index contributed by atoms with van der Waals surface area (Å²) in [5.41, 5.74) is 1.83. The molecule has 0 fully saturated rings. The van der Waals surface area contributed by atoms with E-state index >= 15 is 0 Å². The van der Waals surface area contributed by atoms with Crippen molar-refractivity contribution in [2.45, 2.75) is 32.4 Å². The third-order valence-electron chi connectivity index (χ3n) is 3.43. The van der Waals surface area contributed by atoms with E-state index in [-0.39, 0.29) is 0 Å². The normalized spacial score (nSPS) is 12.1. The highest BCUT2D eigenvalue weighted by molar-refractivity contribution is 6.76. The summed E-state index contributed by atoms with van der Waals surface area (Å²) in [7, 11) is -1.04. The molecule has 7 heteroatoms. The van der Waals surface area contributed by atoms with Crippen LogP contribution in [-0.4, -0.2) is 38.8 Å². The minimum Gasteiger partial charge on any atom is -0.360 e. The molecule has 0 bridgehead atoms. The van der Waals surface area contributed by atoms with Gasteiger partial charge in [-0.15, -0.1) is 0 Å². The number of fused-ring (bicyclic) bond motifs is 1. The first-order valence-electron chi connectivity index (χ1n) is 7.42. The molecule has 0 saturated carbocycles. The molecule has 3 aromatic heterocycles. The number of rotatable bonds is 6. The lowest BCUT2D eigenvalue weighted by molar-refractivity contribution is 0.0786. The number of hydrogen-bond acceptors (Lipinski definition) is 4. The van der Waals surface area contributed by atoms with Crippen LogP contribution in [0.2, 0.25) is 25.7 Å². The zero-order valence-electron chi connectivity index (χ0n) is 13.2. The van der Waals surface area contributed by atoms with Crippen LogP contribution >= 0.6 is 0 Å². The summed E-state index contributed by atoms with van der Waals surface area (Å²) < 4.78 is 9.47. The number of imidazole rings is 1. The maximum Gasteiger partial charge on any atom is 0.148 e. The molecule has 0 atom stereocenters. The first-order chi connectivity index (χ1) is 10.5. The van der Waals surface area contributed by atoms with E-state index in [1.807, 2.05) is 29.1 Å². The first kappa shape index (κ1) is 14.9. The van der Waals surface area contributed by atoms with Gasteiger partial charge < -0.3 is 4.74 Å². The fourth-order valence-corrected chi connectivity index (χ4v) is 2.91. The summed E-state index contributed by atoms with van der Waals surface area (Å²) in [6, 6.07) is 3.05. The van der Waals surface area contributed by atoms with Crippen LogP contribution in [-0.2, 0) is 11.5 Å². The molecule has 0 aliphatic carbocycles. The van der Waals surface area contributed by atoms with Crippen molar-refractivity contribution in [3.8, 4) is 11.4 Å². The zero-order valence-corrected chi connectivity index (χ0v) is 14.2. The van der Waals surface area contributed by atoms with Gasteiger partial charge in [0.2, 0.25) is 0 Å². The average molecular weight is 315 g/mol. The lowest BCUT2D eigenvalue weighted by Crippen LogP contribution is -2.22. The summed E-state index contributed by atoms with van der Waals surface area (Å²) in [6.45, 7) is 8.31. The van der Waals surface area contributed by atoms with E-state index in [1.165, 1.54) is 0 Å². The Morgan fingerprint density at radius 3 is 2.86 bits per heavy atom. The summed E-state index contributed by atoms with van der Waals surface area (Å²) in [5, 5.41) is 4.35. The lowest BCUT2D eigenvalue weighted by atomic mass is 10.3. The molecular formula is C15H21N5OSi. The Labute approximate surface area is 130 Å². The molecule has 0 amide bonds. The fourth-order valence-electron chi connectivity index (χ4n) is 2.15. The Morgan fingerprint density at radius 2 is 2.05 bits per heavy atom. The molecule has 0 radical (unpaired) electrons. The molecule has 6 nitrogen and oxygen atoms in total. The Hall–Kier alpha value is -1.99. The van der Waals surface area contributed by atoms with Crippen molar-refractivity contribution in [2.24, 2.45) is 0 Å². The number of aromatic nitrogens is 5. The van der Waals surface area contributed by atoms with Gasteiger partial charge in [-0.05, 0) is 12.1 Å². The maximum atomic E-state index is 5.71. The predicted molar refractivity (Wildman–Crippen MR) is 88.3 cm³/mol. The third-order valence-corrected chi connectivity index (χ3v) is 5.13. The monoisotopic (exact) mass is 315 g/mol. The van der Waals surface area contributed by atoms with E-state index in [4.69, 9.17) is 4.74 Å². The standard InChI is InChI=1S/C15H21N5OSi/c1-22(2,3)9-8-21-12-19-11-13(10-18-19)15-17-5-4-14-16-6-7-20(14)15/h4-7,10-11H,8-9,12H2,1-3H3. The Morgan fingerprint density at radius 1 is 1.18 bits per heavy atom. The minimum atomic E-state index is -1.04. The highest BCUT2D eigenvalue weighted by Crippen LogP contribution is 2.17. The second-order valence-corrected chi connectivity index (χ2v) is 12.2. The van der Waals surface area contributed by atoms with Gasteiger partial charge in [-0.3, -0.25) is 4.40 Å². The van der Waals surface area contributed by atoms with Crippen LogP contribution < -0.4 is 0 Å². The zero-order chi connectivity index (χ0) is 15.6. The molecule has 3 rings (SSSR count). The average Bonchev–Trinajstić information content (AvgIpc) is 3.11. The lowest BCUT2D eigenvalue weighted by Gasteiger charge is -2.15. The van der Waals surface area contributed by atoms with Gasteiger partial charge in [0, 0.05) is 39.5 Å². The molecule has 0 aliphatic heterocycles. The molecule has 0 N–H and O–H groups in total. The quantitative estimate of drug-likeness (QED) is 0.518. The minimum absolute atomic E-state index is 0.477. The van der Waals surface area contributed by atoms with Crippen LogP contribution in [0.4, 0.5) is 0 Å². The second kappa shape index (κ2) is 6.02. The van der Waals surface area contributed by atoms with Crippen molar-refractivity contribution >= 4 is 13.7 Å². The van der Waals surface area contributed by atoms with Crippen LogP contribution in [0.3, 0.4) is 0 Å². The number of hydrogen-bond donors (Lipinski definition) is 0. The second-order valence-electron chi connectivity index (χ2n) is 6.54. The van der Waals surface area contributed by atoms with E-state index in [0.717, 1.165) is 29.7 Å². The molecule has 0 aliphatic rings. The van der Waals surface area contributed by atoms with Crippen LogP contribution in [0.5, 0.6) is 0 Å². The summed E-state index contributed by atoms with van der Waals surface area (Å²) in [6.07, 6.45) is 9.20. The van der Waals surface area contributed by atoms with Gasteiger partial charge in [-0.1, -0.05) is 19.6 Å². The van der Waals surface area contributed by atoms with Gasteiger partial charge in [-0.2, -0.15) is 5.10 Å². The topological polar surface area (TPSA) is 57.2 Å². The first-order valence-corrected chi connectivity index (χ1v) is 11.1. The van der Waals surface area contributed by atoms with Crippen molar-refractivity contribution in [1.82, 2.24) is 24.1 Å². The predicted octanol–water partition coefficient (Wildman–Crippen LogP) is 2.91. The summed E-state index contributed by atoms with van der Waals surface area (Å²) >= 11 is 0. The molecule has 3 heterocycles. The van der Waals surface area contributed by atoms with Gasteiger partial charge >= 0.3 is 0 Å². The smallest absolute Gasteiger partial charge is 0.148 e. The van der Waals surface area contributed by atoms with Crippen LogP contribution in [0.1, 0.15) is 0 Å². The van der Waals surface area contributed by atoms with Gasteiger partial charge in [0.05, 0.1) is 11.8 Å². The van der Waals surface area contributed by atoms with Crippen molar-refractivity contribution in [3.63, 3.8) is 0 Å². The van der Waals surface area contributed by atoms with E-state index in [9.17, 15) is 0 Å². The van der Waals surface area contributed by atoms with Crippen LogP contribution in [0.25, 0.3) is 17.0 Å². The number of nitrogens with zero attached hydrogens (tertiary/aromatic N) is 5. The van der Waals surface area contributed by atoms with E-state index in [0.29, 0.717) is 6.73 Å².